The van der Waals surface area contributed by atoms with Gasteiger partial charge in [-0.2, -0.15) is 0 Å². The van der Waals surface area contributed by atoms with Gasteiger partial charge in [-0.3, -0.25) is 0 Å². The number of rotatable bonds is 2. The summed E-state index contributed by atoms with van der Waals surface area (Å²) in [5, 5.41) is 0.765. The highest BCUT2D eigenvalue weighted by molar-refractivity contribution is 6.30. The third kappa shape index (κ3) is 2.97. The Balaban J connectivity index is 2.15. The fraction of sp³-hybridized carbons (Fsp3) is 0. The molecule has 0 aliphatic rings. The predicted octanol–water partition coefficient (Wildman–Crippen LogP) is 4.31. The van der Waals surface area contributed by atoms with E-state index in [1.54, 1.807) is 0 Å². The topological polar surface area (TPSA) is 0 Å². The summed E-state index contributed by atoms with van der Waals surface area (Å²) in [5.41, 5.74) is 2.32. The average molecular weight is 214 g/mol. The molecule has 0 N–H and O–H groups in total. The molecule has 0 fully saturated rings. The largest absolute Gasteiger partial charge is 0.0843 e. The molecule has 0 spiro atoms. The number of halogens is 1. The predicted molar refractivity (Wildman–Crippen MR) is 65.7 cm³/mol. The Morgan fingerprint density at radius 3 is 1.93 bits per heavy atom. The van der Waals surface area contributed by atoms with Gasteiger partial charge >= 0.3 is 0 Å². The third-order valence-electron chi connectivity index (χ3n) is 2.08. The second-order valence-corrected chi connectivity index (χ2v) is 3.65. The lowest BCUT2D eigenvalue weighted by Gasteiger charge is -1.94. The quantitative estimate of drug-likeness (QED) is 0.652. The first-order valence-corrected chi connectivity index (χ1v) is 5.12. The van der Waals surface area contributed by atoms with Crippen LogP contribution in [0.3, 0.4) is 0 Å². The molecule has 0 unspecified atom stereocenters. The normalized spacial score (nSPS) is 10.7. The van der Waals surface area contributed by atoms with E-state index in [4.69, 9.17) is 11.6 Å². The van der Waals surface area contributed by atoms with Crippen molar-refractivity contribution in [2.24, 2.45) is 0 Å². The second-order valence-electron chi connectivity index (χ2n) is 3.22. The fourth-order valence-electron chi connectivity index (χ4n) is 1.28. The molecule has 2 rings (SSSR count). The van der Waals surface area contributed by atoms with Crippen LogP contribution in [0, 0.1) is 6.07 Å². The van der Waals surface area contributed by atoms with Crippen LogP contribution in [-0.4, -0.2) is 0 Å². The summed E-state index contributed by atoms with van der Waals surface area (Å²) < 4.78 is 0. The Labute approximate surface area is 94.8 Å². The maximum atomic E-state index is 5.80. The maximum absolute atomic E-state index is 5.80. The molecule has 0 heterocycles. The van der Waals surface area contributed by atoms with Crippen LogP contribution in [0.15, 0.2) is 48.5 Å². The van der Waals surface area contributed by atoms with E-state index in [1.807, 2.05) is 48.5 Å². The van der Waals surface area contributed by atoms with Gasteiger partial charge in [-0.15, -0.1) is 0 Å². The first kappa shape index (κ1) is 10.0. The molecule has 0 atom stereocenters. The SMILES string of the molecule is Clc1ccc(C=Cc2cc[c]cc2)cc1. The zero-order valence-corrected chi connectivity index (χ0v) is 8.91. The van der Waals surface area contributed by atoms with Crippen molar-refractivity contribution in [3.8, 4) is 0 Å². The smallest absolute Gasteiger partial charge is 0.0406 e. The summed E-state index contributed by atoms with van der Waals surface area (Å²) in [6.07, 6.45) is 4.13. The molecule has 0 amide bonds. The van der Waals surface area contributed by atoms with Crippen LogP contribution in [0.5, 0.6) is 0 Å². The molecule has 2 aromatic carbocycles. The summed E-state index contributed by atoms with van der Waals surface area (Å²) in [6.45, 7) is 0. The molecule has 0 nitrogen and oxygen atoms in total. The van der Waals surface area contributed by atoms with E-state index in [1.165, 1.54) is 5.56 Å². The van der Waals surface area contributed by atoms with Crippen LogP contribution >= 0.6 is 11.6 Å². The minimum Gasteiger partial charge on any atom is -0.0843 e. The Morgan fingerprint density at radius 1 is 0.800 bits per heavy atom. The molecule has 0 bridgehead atoms. The molecule has 0 aromatic heterocycles. The van der Waals surface area contributed by atoms with Crippen LogP contribution in [0.25, 0.3) is 12.2 Å². The van der Waals surface area contributed by atoms with Gasteiger partial charge in [0.1, 0.15) is 0 Å². The zero-order valence-electron chi connectivity index (χ0n) is 8.15. The van der Waals surface area contributed by atoms with Crippen LogP contribution in [-0.2, 0) is 0 Å². The van der Waals surface area contributed by atoms with E-state index in [-0.39, 0.29) is 0 Å². The molecule has 0 saturated carbocycles. The van der Waals surface area contributed by atoms with Gasteiger partial charge in [-0.25, -0.2) is 0 Å². The standard InChI is InChI=1S/C14H10Cl/c15-14-10-8-13(9-11-14)7-6-12-4-2-1-3-5-12/h2-11H. The van der Waals surface area contributed by atoms with Crippen LogP contribution < -0.4 is 0 Å². The number of hydrogen-bond donors (Lipinski definition) is 0. The minimum atomic E-state index is 0.765. The molecule has 0 aliphatic carbocycles. The Hall–Kier alpha value is -1.53. The lowest BCUT2D eigenvalue weighted by molar-refractivity contribution is 1.64. The van der Waals surface area contributed by atoms with E-state index in [2.05, 4.69) is 18.2 Å². The minimum absolute atomic E-state index is 0.765. The lowest BCUT2D eigenvalue weighted by atomic mass is 10.1. The number of benzene rings is 2. The van der Waals surface area contributed by atoms with Crippen molar-refractivity contribution in [2.45, 2.75) is 0 Å². The van der Waals surface area contributed by atoms with E-state index in [0.29, 0.717) is 0 Å². The summed E-state index contributed by atoms with van der Waals surface area (Å²) in [4.78, 5) is 0. The molecule has 1 heteroatoms. The molecule has 0 aliphatic heterocycles. The van der Waals surface area contributed by atoms with Gasteiger partial charge in [0.25, 0.3) is 0 Å². The summed E-state index contributed by atoms with van der Waals surface area (Å²) in [7, 11) is 0. The molecular weight excluding hydrogens is 204 g/mol. The van der Waals surface area contributed by atoms with E-state index >= 15 is 0 Å². The van der Waals surface area contributed by atoms with Crippen LogP contribution in [0.2, 0.25) is 5.02 Å². The van der Waals surface area contributed by atoms with Gasteiger partial charge in [-0.05, 0) is 29.3 Å². The van der Waals surface area contributed by atoms with Crippen molar-refractivity contribution in [2.75, 3.05) is 0 Å². The third-order valence-corrected chi connectivity index (χ3v) is 2.33. The van der Waals surface area contributed by atoms with Crippen molar-refractivity contribution < 1.29 is 0 Å². The summed E-state index contributed by atoms with van der Waals surface area (Å²) >= 11 is 5.80. The Morgan fingerprint density at radius 2 is 1.33 bits per heavy atom. The first-order valence-electron chi connectivity index (χ1n) is 4.74. The van der Waals surface area contributed by atoms with Crippen molar-refractivity contribution >= 4 is 23.8 Å². The average Bonchev–Trinajstić information content (AvgIpc) is 2.30. The van der Waals surface area contributed by atoms with Gasteiger partial charge < -0.3 is 0 Å². The van der Waals surface area contributed by atoms with Gasteiger partial charge in [0.05, 0.1) is 0 Å². The van der Waals surface area contributed by atoms with Gasteiger partial charge in [-0.1, -0.05) is 60.2 Å². The molecule has 2 aromatic rings. The molecule has 0 saturated heterocycles. The van der Waals surface area contributed by atoms with Crippen molar-refractivity contribution in [1.29, 1.82) is 0 Å². The lowest BCUT2D eigenvalue weighted by Crippen LogP contribution is -1.72. The summed E-state index contributed by atoms with van der Waals surface area (Å²) in [5.74, 6) is 0. The van der Waals surface area contributed by atoms with Gasteiger partial charge in [0.2, 0.25) is 0 Å². The molecule has 1 radical (unpaired) electrons. The second kappa shape index (κ2) is 4.81. The molecular formula is C14H10Cl. The van der Waals surface area contributed by atoms with E-state index < -0.39 is 0 Å². The van der Waals surface area contributed by atoms with Crippen molar-refractivity contribution in [1.82, 2.24) is 0 Å². The van der Waals surface area contributed by atoms with Crippen LogP contribution in [0.4, 0.5) is 0 Å². The van der Waals surface area contributed by atoms with Gasteiger partial charge in [0.15, 0.2) is 0 Å². The van der Waals surface area contributed by atoms with Crippen LogP contribution in [0.1, 0.15) is 11.1 Å². The highest BCUT2D eigenvalue weighted by atomic mass is 35.5. The highest BCUT2D eigenvalue weighted by Gasteiger charge is 1.88. The van der Waals surface area contributed by atoms with Crippen molar-refractivity contribution in [3.63, 3.8) is 0 Å². The first-order chi connectivity index (χ1) is 7.34. The highest BCUT2D eigenvalue weighted by Crippen LogP contribution is 2.12. The monoisotopic (exact) mass is 213 g/mol. The van der Waals surface area contributed by atoms with Crippen molar-refractivity contribution in [3.05, 3.63) is 70.7 Å². The zero-order chi connectivity index (χ0) is 10.5. The van der Waals surface area contributed by atoms with E-state index in [9.17, 15) is 0 Å². The molecule has 73 valence electrons. The number of hydrogen-bond acceptors (Lipinski definition) is 0. The Kier molecular flexibility index (Phi) is 3.21. The van der Waals surface area contributed by atoms with Gasteiger partial charge in [0, 0.05) is 5.02 Å². The fourth-order valence-corrected chi connectivity index (χ4v) is 1.40. The van der Waals surface area contributed by atoms with E-state index in [0.717, 1.165) is 10.6 Å². The summed E-state index contributed by atoms with van der Waals surface area (Å²) in [6, 6.07) is 18.6. The Bertz CT molecular complexity index is 441. The molecule has 15 heavy (non-hydrogen) atoms. The maximum Gasteiger partial charge on any atom is 0.0406 e.